The molecule has 3 aromatic heterocycles. The maximum Gasteiger partial charge on any atom is 0.107 e. The molecule has 0 spiro atoms. The van der Waals surface area contributed by atoms with E-state index in [1.165, 1.54) is 25.6 Å². The van der Waals surface area contributed by atoms with E-state index < -0.39 is 0 Å². The van der Waals surface area contributed by atoms with Crippen LogP contribution in [0.4, 0.5) is 0 Å². The minimum absolute atomic E-state index is 0.103. The van der Waals surface area contributed by atoms with E-state index in [1.807, 2.05) is 6.07 Å². The summed E-state index contributed by atoms with van der Waals surface area (Å²) in [4.78, 5) is 2.26. The van der Waals surface area contributed by atoms with Gasteiger partial charge in [0.25, 0.3) is 0 Å². The first-order valence-electron chi connectivity index (χ1n) is 4.71. The molecule has 0 radical (unpaired) electrons. The molecule has 1 unspecified atom stereocenters. The van der Waals surface area contributed by atoms with E-state index in [0.29, 0.717) is 0 Å². The topological polar surface area (TPSA) is 0 Å². The molecule has 0 saturated heterocycles. The molecule has 0 aromatic carbocycles. The zero-order valence-corrected chi connectivity index (χ0v) is 13.8. The third-order valence-corrected chi connectivity index (χ3v) is 7.75. The van der Waals surface area contributed by atoms with Crippen LogP contribution >= 0.6 is 73.1 Å². The molecule has 0 aliphatic rings. The lowest BCUT2D eigenvalue weighted by Crippen LogP contribution is -1.84. The lowest BCUT2D eigenvalue weighted by Gasteiger charge is -2.02. The molecule has 0 amide bonds. The van der Waals surface area contributed by atoms with E-state index in [-0.39, 0.29) is 5.38 Å². The number of rotatable bonds is 2. The van der Waals surface area contributed by atoms with Crippen molar-refractivity contribution in [2.24, 2.45) is 0 Å². The minimum Gasteiger partial charge on any atom is -0.143 e. The Morgan fingerprint density at radius 3 is 2.53 bits per heavy atom. The molecule has 3 rings (SSSR count). The first-order chi connectivity index (χ1) is 8.15. The van der Waals surface area contributed by atoms with Gasteiger partial charge in [-0.25, -0.2) is 0 Å². The van der Waals surface area contributed by atoms with Crippen molar-refractivity contribution in [1.29, 1.82) is 0 Å². The van der Waals surface area contributed by atoms with Gasteiger partial charge in [0.2, 0.25) is 0 Å². The number of fused-ring (bicyclic) bond motifs is 1. The van der Waals surface area contributed by atoms with Crippen LogP contribution in [-0.2, 0) is 0 Å². The van der Waals surface area contributed by atoms with Gasteiger partial charge in [0.1, 0.15) is 9.71 Å². The molecule has 88 valence electrons. The molecule has 0 aliphatic heterocycles. The molecule has 17 heavy (non-hydrogen) atoms. The first-order valence-corrected chi connectivity index (χ1v) is 8.83. The summed E-state index contributed by atoms with van der Waals surface area (Å²) in [6.07, 6.45) is 0. The van der Waals surface area contributed by atoms with Crippen LogP contribution in [0.5, 0.6) is 0 Å². The van der Waals surface area contributed by atoms with Gasteiger partial charge in [0.15, 0.2) is 0 Å². The average molecular weight is 384 g/mol. The fourth-order valence-corrected chi connectivity index (χ4v) is 5.86. The number of hydrogen-bond donors (Lipinski definition) is 0. The Kier molecular flexibility index (Phi) is 3.54. The number of halogens is 3. The maximum absolute atomic E-state index is 6.49. The summed E-state index contributed by atoms with van der Waals surface area (Å²) in [5, 5.41) is 2.00. The summed E-state index contributed by atoms with van der Waals surface area (Å²) < 4.78 is 4.28. The Morgan fingerprint density at radius 2 is 1.88 bits per heavy atom. The van der Waals surface area contributed by atoms with Crippen molar-refractivity contribution in [1.82, 2.24) is 0 Å². The molecular formula is C11H5BrCl2S3. The lowest BCUT2D eigenvalue weighted by molar-refractivity contribution is 1.24. The highest BCUT2D eigenvalue weighted by Crippen LogP contribution is 2.44. The van der Waals surface area contributed by atoms with Crippen molar-refractivity contribution in [3.05, 3.63) is 42.1 Å². The summed E-state index contributed by atoms with van der Waals surface area (Å²) in [5.74, 6) is 0. The second-order valence-electron chi connectivity index (χ2n) is 3.43. The molecule has 0 saturated carbocycles. The Labute approximate surface area is 129 Å². The van der Waals surface area contributed by atoms with Crippen molar-refractivity contribution in [3.63, 3.8) is 0 Å². The molecule has 1 atom stereocenters. The first kappa shape index (κ1) is 12.5. The fraction of sp³-hybridized carbons (Fsp3) is 0.0909. The highest BCUT2D eigenvalue weighted by molar-refractivity contribution is 9.10. The Hall–Kier alpha value is 0.420. The monoisotopic (exact) mass is 382 g/mol. The molecule has 0 bridgehead atoms. The second-order valence-corrected chi connectivity index (χ2v) is 8.47. The van der Waals surface area contributed by atoms with Crippen LogP contribution in [0, 0.1) is 0 Å². The molecule has 0 aliphatic carbocycles. The van der Waals surface area contributed by atoms with Crippen molar-refractivity contribution in [2.45, 2.75) is 5.38 Å². The van der Waals surface area contributed by atoms with Crippen LogP contribution in [-0.4, -0.2) is 0 Å². The molecule has 3 aromatic rings. The van der Waals surface area contributed by atoms with E-state index in [9.17, 15) is 0 Å². The van der Waals surface area contributed by atoms with Gasteiger partial charge < -0.3 is 0 Å². The standard InChI is InChI=1S/C11H5BrCl2S3/c12-5-3-8(17-11(5)14)10(13)9-4-7-6(16-9)1-2-15-7/h1-4,10H. The van der Waals surface area contributed by atoms with Gasteiger partial charge in [-0.3, -0.25) is 0 Å². The largest absolute Gasteiger partial charge is 0.143 e. The molecule has 6 heteroatoms. The summed E-state index contributed by atoms with van der Waals surface area (Å²) in [7, 11) is 0. The summed E-state index contributed by atoms with van der Waals surface area (Å²) in [6, 6.07) is 6.30. The minimum atomic E-state index is -0.103. The van der Waals surface area contributed by atoms with E-state index >= 15 is 0 Å². The van der Waals surface area contributed by atoms with Gasteiger partial charge in [-0.05, 0) is 39.5 Å². The highest BCUT2D eigenvalue weighted by Gasteiger charge is 2.18. The van der Waals surface area contributed by atoms with Gasteiger partial charge in [0.05, 0.1) is 0 Å². The second kappa shape index (κ2) is 4.83. The van der Waals surface area contributed by atoms with Crippen LogP contribution in [0.3, 0.4) is 0 Å². The quantitative estimate of drug-likeness (QED) is 0.428. The Bertz CT molecular complexity index is 619. The van der Waals surface area contributed by atoms with E-state index in [1.54, 1.807) is 22.7 Å². The summed E-state index contributed by atoms with van der Waals surface area (Å²) >= 11 is 21.0. The smallest absolute Gasteiger partial charge is 0.107 e. The molecule has 0 fully saturated rings. The van der Waals surface area contributed by atoms with Crippen LogP contribution in [0.15, 0.2) is 28.1 Å². The summed E-state index contributed by atoms with van der Waals surface area (Å²) in [5.41, 5.74) is 0. The van der Waals surface area contributed by atoms with Gasteiger partial charge in [-0.1, -0.05) is 11.6 Å². The van der Waals surface area contributed by atoms with Crippen LogP contribution in [0.25, 0.3) is 9.40 Å². The predicted molar refractivity (Wildman–Crippen MR) is 84.4 cm³/mol. The molecule has 3 heterocycles. The number of thiophene rings is 3. The lowest BCUT2D eigenvalue weighted by atomic mass is 10.3. The van der Waals surface area contributed by atoms with Crippen molar-refractivity contribution in [2.75, 3.05) is 0 Å². The molecular weight excluding hydrogens is 379 g/mol. The zero-order valence-electron chi connectivity index (χ0n) is 8.25. The van der Waals surface area contributed by atoms with Gasteiger partial charge in [-0.2, -0.15) is 0 Å². The van der Waals surface area contributed by atoms with Crippen LogP contribution in [0.2, 0.25) is 4.34 Å². The van der Waals surface area contributed by atoms with Gasteiger partial charge in [0, 0.05) is 23.6 Å². The summed E-state index contributed by atoms with van der Waals surface area (Å²) in [6.45, 7) is 0. The Balaban J connectivity index is 2.01. The number of hydrogen-bond acceptors (Lipinski definition) is 3. The normalized spacial score (nSPS) is 13.4. The fourth-order valence-electron chi connectivity index (χ4n) is 1.54. The molecule has 0 N–H and O–H groups in total. The Morgan fingerprint density at radius 1 is 1.12 bits per heavy atom. The highest BCUT2D eigenvalue weighted by atomic mass is 79.9. The maximum atomic E-state index is 6.49. The van der Waals surface area contributed by atoms with Gasteiger partial charge >= 0.3 is 0 Å². The predicted octanol–water partition coefficient (Wildman–Crippen LogP) is 6.77. The van der Waals surface area contributed by atoms with E-state index in [2.05, 4.69) is 33.4 Å². The number of alkyl halides is 1. The van der Waals surface area contributed by atoms with Crippen molar-refractivity contribution in [3.8, 4) is 0 Å². The van der Waals surface area contributed by atoms with E-state index in [0.717, 1.165) is 13.7 Å². The van der Waals surface area contributed by atoms with Crippen molar-refractivity contribution < 1.29 is 0 Å². The van der Waals surface area contributed by atoms with Crippen LogP contribution in [0.1, 0.15) is 15.1 Å². The van der Waals surface area contributed by atoms with Gasteiger partial charge in [-0.15, -0.1) is 45.6 Å². The van der Waals surface area contributed by atoms with Crippen LogP contribution < -0.4 is 0 Å². The third-order valence-electron chi connectivity index (χ3n) is 2.32. The SMILES string of the molecule is Clc1sc(C(Cl)c2cc3sccc3s2)cc1Br. The zero-order chi connectivity index (χ0) is 12.0. The van der Waals surface area contributed by atoms with E-state index in [4.69, 9.17) is 23.2 Å². The molecule has 0 nitrogen and oxygen atoms in total. The van der Waals surface area contributed by atoms with Crippen molar-refractivity contribution >= 4 is 82.5 Å². The third kappa shape index (κ3) is 2.31. The average Bonchev–Trinajstić information content (AvgIpc) is 2.92.